The van der Waals surface area contributed by atoms with Crippen LogP contribution in [0.5, 0.6) is 0 Å². The molecule has 2 aromatic heterocycles. The third-order valence-electron chi connectivity index (χ3n) is 2.55. The lowest BCUT2D eigenvalue weighted by Crippen LogP contribution is -2.03. The summed E-state index contributed by atoms with van der Waals surface area (Å²) in [6.45, 7) is 0. The van der Waals surface area contributed by atoms with Crippen LogP contribution in [0.15, 0.2) is 31.9 Å². The number of aromatic nitrogens is 4. The standard InChI is InChI=1S/C10H4BrN5O4/c11-4-1-5-7(17)3-8(10-12-14-15-13-10)20-9(5)6(2-4)16(18)19/h1-3H,(H,12,13,14,15). The van der Waals surface area contributed by atoms with Gasteiger partial charge in [-0.15, -0.1) is 5.10 Å². The molecule has 9 nitrogen and oxygen atoms in total. The van der Waals surface area contributed by atoms with Gasteiger partial charge in [-0.05, 0) is 16.5 Å². The number of non-ortho nitro benzene ring substituents is 1. The Hall–Kier alpha value is -2.62. The Morgan fingerprint density at radius 1 is 1.35 bits per heavy atom. The molecule has 0 aliphatic rings. The maximum absolute atomic E-state index is 12.0. The van der Waals surface area contributed by atoms with E-state index in [4.69, 9.17) is 4.42 Å². The quantitative estimate of drug-likeness (QED) is 0.555. The van der Waals surface area contributed by atoms with Gasteiger partial charge < -0.3 is 4.42 Å². The summed E-state index contributed by atoms with van der Waals surface area (Å²) in [5, 5.41) is 23.9. The predicted octanol–water partition coefficient (Wildman–Crippen LogP) is 1.64. The molecule has 20 heavy (non-hydrogen) atoms. The molecule has 0 spiro atoms. The number of fused-ring (bicyclic) bond motifs is 1. The molecule has 0 amide bonds. The van der Waals surface area contributed by atoms with Gasteiger partial charge in [0.2, 0.25) is 11.4 Å². The predicted molar refractivity (Wildman–Crippen MR) is 70.0 cm³/mol. The van der Waals surface area contributed by atoms with Crippen molar-refractivity contribution in [2.45, 2.75) is 0 Å². The first kappa shape index (κ1) is 12.4. The van der Waals surface area contributed by atoms with Gasteiger partial charge in [0.25, 0.3) is 0 Å². The third kappa shape index (κ3) is 1.95. The van der Waals surface area contributed by atoms with Gasteiger partial charge in [-0.3, -0.25) is 14.9 Å². The molecule has 0 saturated carbocycles. The molecule has 0 saturated heterocycles. The second-order valence-corrected chi connectivity index (χ2v) is 4.70. The smallest absolute Gasteiger partial charge is 0.313 e. The van der Waals surface area contributed by atoms with Crippen LogP contribution in [0.3, 0.4) is 0 Å². The Kier molecular flexibility index (Phi) is 2.79. The summed E-state index contributed by atoms with van der Waals surface area (Å²) in [6, 6.07) is 3.88. The summed E-state index contributed by atoms with van der Waals surface area (Å²) in [5.74, 6) is 0.138. The molecule has 0 unspecified atom stereocenters. The van der Waals surface area contributed by atoms with Crippen LogP contribution in [-0.4, -0.2) is 25.5 Å². The van der Waals surface area contributed by atoms with Crippen molar-refractivity contribution in [1.29, 1.82) is 0 Å². The largest absolute Gasteiger partial charge is 0.445 e. The summed E-state index contributed by atoms with van der Waals surface area (Å²) in [5.41, 5.74) is -0.875. The van der Waals surface area contributed by atoms with Crippen LogP contribution in [0.25, 0.3) is 22.6 Å². The Balaban J connectivity index is 2.41. The van der Waals surface area contributed by atoms with Gasteiger partial charge in [0.05, 0.1) is 10.3 Å². The monoisotopic (exact) mass is 337 g/mol. The molecular weight excluding hydrogens is 334 g/mol. The van der Waals surface area contributed by atoms with Crippen LogP contribution in [0.1, 0.15) is 0 Å². The van der Waals surface area contributed by atoms with E-state index < -0.39 is 10.4 Å². The highest BCUT2D eigenvalue weighted by Gasteiger charge is 2.20. The highest BCUT2D eigenvalue weighted by atomic mass is 79.9. The van der Waals surface area contributed by atoms with Gasteiger partial charge >= 0.3 is 5.69 Å². The van der Waals surface area contributed by atoms with Crippen LogP contribution in [0, 0.1) is 10.1 Å². The highest BCUT2D eigenvalue weighted by Crippen LogP contribution is 2.30. The van der Waals surface area contributed by atoms with Crippen molar-refractivity contribution in [3.63, 3.8) is 0 Å². The van der Waals surface area contributed by atoms with E-state index in [1.807, 2.05) is 0 Å². The van der Waals surface area contributed by atoms with Crippen LogP contribution < -0.4 is 5.43 Å². The number of rotatable bonds is 2. The SMILES string of the molecule is O=c1cc(-c2nnn[nH]2)oc2c([N+](=O)[O-])cc(Br)cc12. The Labute approximate surface area is 117 Å². The summed E-state index contributed by atoms with van der Waals surface area (Å²) in [4.78, 5) is 22.5. The molecule has 3 aromatic rings. The zero-order valence-corrected chi connectivity index (χ0v) is 11.1. The number of aromatic amines is 1. The summed E-state index contributed by atoms with van der Waals surface area (Å²) >= 11 is 3.12. The molecule has 0 aliphatic carbocycles. The fourth-order valence-electron chi connectivity index (χ4n) is 1.72. The van der Waals surface area contributed by atoms with Gasteiger partial charge in [-0.2, -0.15) is 0 Å². The third-order valence-corrected chi connectivity index (χ3v) is 3.01. The molecular formula is C10H4BrN5O4. The van der Waals surface area contributed by atoms with E-state index in [1.165, 1.54) is 18.2 Å². The van der Waals surface area contributed by atoms with E-state index in [0.29, 0.717) is 4.47 Å². The maximum Gasteiger partial charge on any atom is 0.313 e. The Morgan fingerprint density at radius 3 is 2.80 bits per heavy atom. The topological polar surface area (TPSA) is 128 Å². The molecule has 0 radical (unpaired) electrons. The molecule has 1 N–H and O–H groups in total. The number of H-pyrrole nitrogens is 1. The first-order chi connectivity index (χ1) is 9.56. The van der Waals surface area contributed by atoms with Crippen molar-refractivity contribution in [3.05, 3.63) is 43.0 Å². The van der Waals surface area contributed by atoms with Gasteiger partial charge in [-0.1, -0.05) is 15.9 Å². The number of nitrogens with zero attached hydrogens (tertiary/aromatic N) is 4. The van der Waals surface area contributed by atoms with Crippen LogP contribution in [0.2, 0.25) is 0 Å². The number of nitrogens with one attached hydrogen (secondary N) is 1. The van der Waals surface area contributed by atoms with E-state index >= 15 is 0 Å². The Morgan fingerprint density at radius 2 is 2.15 bits per heavy atom. The van der Waals surface area contributed by atoms with E-state index in [1.54, 1.807) is 0 Å². The number of hydrogen-bond donors (Lipinski definition) is 1. The number of halogens is 1. The summed E-state index contributed by atoms with van der Waals surface area (Å²) < 4.78 is 5.81. The van der Waals surface area contributed by atoms with Crippen molar-refractivity contribution in [3.8, 4) is 11.6 Å². The second kappa shape index (κ2) is 4.49. The van der Waals surface area contributed by atoms with Crippen molar-refractivity contribution in [2.75, 3.05) is 0 Å². The van der Waals surface area contributed by atoms with Crippen molar-refractivity contribution in [2.24, 2.45) is 0 Å². The minimum Gasteiger partial charge on any atom is -0.445 e. The number of nitro groups is 1. The van der Waals surface area contributed by atoms with Gasteiger partial charge in [0.1, 0.15) is 0 Å². The number of hydrogen-bond acceptors (Lipinski definition) is 7. The Bertz CT molecular complexity index is 873. The van der Waals surface area contributed by atoms with E-state index in [-0.39, 0.29) is 28.2 Å². The van der Waals surface area contributed by atoms with E-state index in [2.05, 4.69) is 36.6 Å². The van der Waals surface area contributed by atoms with Crippen LogP contribution in [0.4, 0.5) is 5.69 Å². The molecule has 0 fully saturated rings. The van der Waals surface area contributed by atoms with Crippen molar-refractivity contribution < 1.29 is 9.34 Å². The molecule has 0 atom stereocenters. The normalized spacial score (nSPS) is 10.8. The molecule has 0 aliphatic heterocycles. The number of nitro benzene ring substituents is 1. The average molecular weight is 338 g/mol. The fourth-order valence-corrected chi connectivity index (χ4v) is 2.17. The van der Waals surface area contributed by atoms with Crippen LogP contribution >= 0.6 is 15.9 Å². The first-order valence-electron chi connectivity index (χ1n) is 5.22. The maximum atomic E-state index is 12.0. The molecule has 0 bridgehead atoms. The van der Waals surface area contributed by atoms with Crippen LogP contribution in [-0.2, 0) is 0 Å². The molecule has 100 valence electrons. The minimum atomic E-state index is -0.627. The molecule has 3 rings (SSSR count). The van der Waals surface area contributed by atoms with E-state index in [9.17, 15) is 14.9 Å². The fraction of sp³-hybridized carbons (Fsp3) is 0. The van der Waals surface area contributed by atoms with E-state index in [0.717, 1.165) is 0 Å². The lowest BCUT2D eigenvalue weighted by Gasteiger charge is -2.01. The summed E-state index contributed by atoms with van der Waals surface area (Å²) in [6.07, 6.45) is 0. The van der Waals surface area contributed by atoms with Crippen molar-refractivity contribution in [1.82, 2.24) is 20.6 Å². The summed E-state index contributed by atoms with van der Waals surface area (Å²) in [7, 11) is 0. The number of tetrazole rings is 1. The zero-order chi connectivity index (χ0) is 14.3. The minimum absolute atomic E-state index is 0.0259. The lowest BCUT2D eigenvalue weighted by molar-refractivity contribution is -0.383. The van der Waals surface area contributed by atoms with Gasteiger partial charge in [-0.25, -0.2) is 5.10 Å². The molecule has 2 heterocycles. The molecule has 1 aromatic carbocycles. The number of benzene rings is 1. The highest BCUT2D eigenvalue weighted by molar-refractivity contribution is 9.10. The van der Waals surface area contributed by atoms with Crippen molar-refractivity contribution >= 4 is 32.6 Å². The molecule has 10 heteroatoms. The second-order valence-electron chi connectivity index (χ2n) is 3.78. The lowest BCUT2D eigenvalue weighted by atomic mass is 10.2. The van der Waals surface area contributed by atoms with Gasteiger partial charge in [0.15, 0.2) is 11.2 Å². The van der Waals surface area contributed by atoms with Gasteiger partial charge in [0, 0.05) is 16.6 Å². The zero-order valence-electron chi connectivity index (χ0n) is 9.53. The average Bonchev–Trinajstić information content (AvgIpc) is 2.92. The first-order valence-corrected chi connectivity index (χ1v) is 6.01.